The second-order valence-corrected chi connectivity index (χ2v) is 8.08. The molecule has 2 atom stereocenters. The summed E-state index contributed by atoms with van der Waals surface area (Å²) in [5.74, 6) is 0.665. The van der Waals surface area contributed by atoms with Gasteiger partial charge in [0, 0.05) is 22.3 Å². The number of hydrogen-bond acceptors (Lipinski definition) is 4. The summed E-state index contributed by atoms with van der Waals surface area (Å²) in [4.78, 5) is 2.21. The van der Waals surface area contributed by atoms with Crippen LogP contribution in [0.15, 0.2) is 94.7 Å². The number of aliphatic hydroxyl groups excluding tert-OH is 2. The van der Waals surface area contributed by atoms with Crippen LogP contribution in [-0.4, -0.2) is 22.9 Å². The van der Waals surface area contributed by atoms with E-state index in [-0.39, 0.29) is 12.5 Å². The van der Waals surface area contributed by atoms with E-state index in [2.05, 4.69) is 30.3 Å². The number of rotatable bonds is 9. The molecule has 4 heteroatoms. The fraction of sp³-hybridized carbons (Fsp3) is 0.200. The number of benzene rings is 3. The molecule has 3 rings (SSSR count). The second-order valence-electron chi connectivity index (χ2n) is 6.93. The molecule has 0 radical (unpaired) electrons. The van der Waals surface area contributed by atoms with Crippen LogP contribution >= 0.6 is 11.8 Å². The van der Waals surface area contributed by atoms with Crippen molar-refractivity contribution >= 4 is 17.8 Å². The summed E-state index contributed by atoms with van der Waals surface area (Å²) in [6.07, 6.45) is 2.96. The van der Waals surface area contributed by atoms with Crippen molar-refractivity contribution in [2.45, 2.75) is 29.4 Å². The molecule has 0 saturated carbocycles. The Kier molecular flexibility index (Phi) is 7.94. The van der Waals surface area contributed by atoms with E-state index in [0.717, 1.165) is 26.7 Å². The van der Waals surface area contributed by atoms with Gasteiger partial charge in [0.15, 0.2) is 0 Å². The van der Waals surface area contributed by atoms with Crippen LogP contribution in [0.5, 0.6) is 5.75 Å². The average Bonchev–Trinajstić information content (AvgIpc) is 2.76. The van der Waals surface area contributed by atoms with E-state index in [1.165, 1.54) is 0 Å². The first kappa shape index (κ1) is 21.2. The molecule has 0 heterocycles. The third-order valence-electron chi connectivity index (χ3n) is 4.50. The van der Waals surface area contributed by atoms with Gasteiger partial charge in [0.25, 0.3) is 0 Å². The SMILES string of the molecule is C[C@H](CO)[C@@H](O)/C=C/c1cccc(Sc2cccc(OCc3ccccc3)c2)c1. The molecule has 0 bridgehead atoms. The minimum Gasteiger partial charge on any atom is -0.489 e. The Morgan fingerprint density at radius 3 is 2.41 bits per heavy atom. The molecule has 150 valence electrons. The van der Waals surface area contributed by atoms with E-state index in [4.69, 9.17) is 9.84 Å². The lowest BCUT2D eigenvalue weighted by Gasteiger charge is -2.11. The van der Waals surface area contributed by atoms with Gasteiger partial charge in [-0.3, -0.25) is 0 Å². The van der Waals surface area contributed by atoms with Gasteiger partial charge in [-0.1, -0.05) is 79.4 Å². The molecule has 0 aliphatic rings. The van der Waals surface area contributed by atoms with Crippen LogP contribution in [0.1, 0.15) is 18.1 Å². The lowest BCUT2D eigenvalue weighted by Crippen LogP contribution is -2.17. The van der Waals surface area contributed by atoms with Gasteiger partial charge in [-0.25, -0.2) is 0 Å². The van der Waals surface area contributed by atoms with Gasteiger partial charge in [0.05, 0.1) is 6.10 Å². The van der Waals surface area contributed by atoms with Gasteiger partial charge < -0.3 is 14.9 Å². The molecule has 29 heavy (non-hydrogen) atoms. The van der Waals surface area contributed by atoms with Crippen LogP contribution < -0.4 is 4.74 Å². The fourth-order valence-electron chi connectivity index (χ4n) is 2.69. The van der Waals surface area contributed by atoms with E-state index >= 15 is 0 Å². The molecular weight excluding hydrogens is 380 g/mol. The van der Waals surface area contributed by atoms with Gasteiger partial charge in [0.1, 0.15) is 12.4 Å². The zero-order valence-electron chi connectivity index (χ0n) is 16.4. The van der Waals surface area contributed by atoms with E-state index in [1.807, 2.05) is 61.5 Å². The number of ether oxygens (including phenoxy) is 1. The summed E-state index contributed by atoms with van der Waals surface area (Å²) in [5, 5.41) is 19.1. The van der Waals surface area contributed by atoms with Gasteiger partial charge in [-0.05, 0) is 41.5 Å². The predicted molar refractivity (Wildman–Crippen MR) is 119 cm³/mol. The Morgan fingerprint density at radius 2 is 1.66 bits per heavy atom. The maximum Gasteiger partial charge on any atom is 0.120 e. The Balaban J connectivity index is 1.63. The van der Waals surface area contributed by atoms with E-state index < -0.39 is 6.10 Å². The van der Waals surface area contributed by atoms with Crippen molar-refractivity contribution in [3.05, 3.63) is 96.1 Å². The van der Waals surface area contributed by atoms with Crippen LogP contribution in [-0.2, 0) is 6.61 Å². The van der Waals surface area contributed by atoms with Crippen molar-refractivity contribution in [1.82, 2.24) is 0 Å². The molecular formula is C25H26O3S. The Labute approximate surface area is 176 Å². The third kappa shape index (κ3) is 6.79. The lowest BCUT2D eigenvalue weighted by atomic mass is 10.0. The smallest absolute Gasteiger partial charge is 0.120 e. The molecule has 0 saturated heterocycles. The maximum absolute atomic E-state index is 9.98. The van der Waals surface area contributed by atoms with Gasteiger partial charge in [-0.2, -0.15) is 0 Å². The van der Waals surface area contributed by atoms with E-state index in [9.17, 15) is 5.11 Å². The first-order valence-electron chi connectivity index (χ1n) is 9.66. The normalized spacial score (nSPS) is 13.3. The molecule has 3 aromatic carbocycles. The van der Waals surface area contributed by atoms with Crippen LogP contribution in [0, 0.1) is 5.92 Å². The summed E-state index contributed by atoms with van der Waals surface area (Å²) in [5.41, 5.74) is 2.15. The highest BCUT2D eigenvalue weighted by Gasteiger charge is 2.09. The van der Waals surface area contributed by atoms with Crippen molar-refractivity contribution in [1.29, 1.82) is 0 Å². The standard InChI is InChI=1S/C25H26O3S/c1-19(17-26)25(27)14-13-20-9-5-11-23(15-20)29-24-12-6-10-22(16-24)28-18-21-7-3-2-4-8-21/h2-16,19,25-27H,17-18H2,1H3/b14-13+/t19-,25+/m1/s1. The van der Waals surface area contributed by atoms with Crippen molar-refractivity contribution in [2.24, 2.45) is 5.92 Å². The molecule has 0 spiro atoms. The zero-order chi connectivity index (χ0) is 20.5. The monoisotopic (exact) mass is 406 g/mol. The maximum atomic E-state index is 9.98. The van der Waals surface area contributed by atoms with Crippen molar-refractivity contribution in [2.75, 3.05) is 6.61 Å². The molecule has 0 amide bonds. The van der Waals surface area contributed by atoms with Gasteiger partial charge >= 0.3 is 0 Å². The Hall–Kier alpha value is -2.53. The summed E-state index contributed by atoms with van der Waals surface area (Å²) >= 11 is 1.67. The minimum atomic E-state index is -0.658. The Morgan fingerprint density at radius 1 is 0.931 bits per heavy atom. The van der Waals surface area contributed by atoms with Crippen molar-refractivity contribution in [3.63, 3.8) is 0 Å². The highest BCUT2D eigenvalue weighted by atomic mass is 32.2. The van der Waals surface area contributed by atoms with Crippen LogP contribution in [0.2, 0.25) is 0 Å². The first-order chi connectivity index (χ1) is 14.1. The fourth-order valence-corrected chi connectivity index (χ4v) is 3.63. The summed E-state index contributed by atoms with van der Waals surface area (Å²) in [7, 11) is 0. The highest BCUT2D eigenvalue weighted by Crippen LogP contribution is 2.31. The van der Waals surface area contributed by atoms with Gasteiger partial charge in [-0.15, -0.1) is 0 Å². The molecule has 0 aliphatic heterocycles. The highest BCUT2D eigenvalue weighted by molar-refractivity contribution is 7.99. The molecule has 0 aromatic heterocycles. The first-order valence-corrected chi connectivity index (χ1v) is 10.5. The second kappa shape index (κ2) is 10.9. The molecule has 2 N–H and O–H groups in total. The molecule has 3 nitrogen and oxygen atoms in total. The van der Waals surface area contributed by atoms with Crippen LogP contribution in [0.25, 0.3) is 6.08 Å². The van der Waals surface area contributed by atoms with Gasteiger partial charge in [0.2, 0.25) is 0 Å². The minimum absolute atomic E-state index is 0.0376. The molecule has 0 unspecified atom stereocenters. The molecule has 0 aliphatic carbocycles. The Bertz CT molecular complexity index is 924. The summed E-state index contributed by atoms with van der Waals surface area (Å²) in [6.45, 7) is 2.32. The van der Waals surface area contributed by atoms with Crippen LogP contribution in [0.4, 0.5) is 0 Å². The number of aliphatic hydroxyl groups is 2. The van der Waals surface area contributed by atoms with E-state index in [1.54, 1.807) is 17.8 Å². The summed E-state index contributed by atoms with van der Waals surface area (Å²) < 4.78 is 5.92. The average molecular weight is 407 g/mol. The van der Waals surface area contributed by atoms with Crippen LogP contribution in [0.3, 0.4) is 0 Å². The van der Waals surface area contributed by atoms with Crippen molar-refractivity contribution in [3.8, 4) is 5.75 Å². The summed E-state index contributed by atoms with van der Waals surface area (Å²) in [6, 6.07) is 26.3. The number of hydrogen-bond donors (Lipinski definition) is 2. The zero-order valence-corrected chi connectivity index (χ0v) is 17.3. The topological polar surface area (TPSA) is 49.7 Å². The quantitative estimate of drug-likeness (QED) is 0.498. The third-order valence-corrected chi connectivity index (χ3v) is 5.48. The lowest BCUT2D eigenvalue weighted by molar-refractivity contribution is 0.112. The largest absolute Gasteiger partial charge is 0.489 e. The molecule has 0 fully saturated rings. The predicted octanol–water partition coefficient (Wildman–Crippen LogP) is 5.42. The van der Waals surface area contributed by atoms with Crippen molar-refractivity contribution < 1.29 is 14.9 Å². The van der Waals surface area contributed by atoms with E-state index in [0.29, 0.717) is 6.61 Å². The molecule has 3 aromatic rings.